The van der Waals surface area contributed by atoms with E-state index in [4.69, 9.17) is 27.7 Å². The Morgan fingerprint density at radius 2 is 1.77 bits per heavy atom. The number of sulfonamides is 1. The number of rotatable bonds is 7. The molecule has 3 aromatic carbocycles. The van der Waals surface area contributed by atoms with Gasteiger partial charge in [-0.3, -0.25) is 0 Å². The van der Waals surface area contributed by atoms with Crippen molar-refractivity contribution < 1.29 is 22.4 Å². The number of halogens is 2. The van der Waals surface area contributed by atoms with Gasteiger partial charge in [0.2, 0.25) is 10.0 Å². The Balaban J connectivity index is 1.48. The van der Waals surface area contributed by atoms with Crippen LogP contribution in [0.3, 0.4) is 0 Å². The molecule has 1 aliphatic rings. The van der Waals surface area contributed by atoms with E-state index in [1.54, 1.807) is 30.3 Å². The number of benzene rings is 3. The molecule has 3 aromatic rings. The van der Waals surface area contributed by atoms with Gasteiger partial charge in [0, 0.05) is 42.3 Å². The van der Waals surface area contributed by atoms with Gasteiger partial charge in [-0.25, -0.2) is 17.7 Å². The molecule has 0 bridgehead atoms. The van der Waals surface area contributed by atoms with E-state index in [0.717, 1.165) is 36.4 Å². The Morgan fingerprint density at radius 1 is 1.11 bits per heavy atom. The van der Waals surface area contributed by atoms with E-state index < -0.39 is 17.6 Å². The normalized spacial score (nSPS) is 18.0. The van der Waals surface area contributed by atoms with Crippen molar-refractivity contribution in [1.82, 2.24) is 9.62 Å². The molecule has 0 aliphatic carbocycles. The molecular formula is C24H25Cl2N2O5PS. The minimum absolute atomic E-state index is 0.0164. The van der Waals surface area contributed by atoms with Gasteiger partial charge in [-0.2, -0.15) is 0 Å². The highest BCUT2D eigenvalue weighted by molar-refractivity contribution is 7.89. The maximum absolute atomic E-state index is 12.8. The van der Waals surface area contributed by atoms with E-state index in [1.807, 2.05) is 25.2 Å². The van der Waals surface area contributed by atoms with Crippen LogP contribution in [0, 0.1) is 0 Å². The van der Waals surface area contributed by atoms with Crippen molar-refractivity contribution in [3.63, 3.8) is 0 Å². The first-order chi connectivity index (χ1) is 16.4. The molecule has 2 unspecified atom stereocenters. The molecule has 1 aliphatic heterocycles. The van der Waals surface area contributed by atoms with Gasteiger partial charge in [-0.15, -0.1) is 0 Å². The molecule has 0 spiro atoms. The summed E-state index contributed by atoms with van der Waals surface area (Å²) in [4.78, 5) is 11.6. The zero-order chi connectivity index (χ0) is 25.4. The van der Waals surface area contributed by atoms with Crippen molar-refractivity contribution in [1.29, 1.82) is 0 Å². The fraction of sp³-hybridized carbons (Fsp3) is 0.250. The summed E-state index contributed by atoms with van der Waals surface area (Å²) in [6.07, 6.45) is 0. The van der Waals surface area contributed by atoms with Crippen LogP contribution in [0.2, 0.25) is 10.0 Å². The third-order valence-electron chi connectivity index (χ3n) is 5.75. The Bertz CT molecular complexity index is 1380. The second kappa shape index (κ2) is 10.2. The second-order valence-corrected chi connectivity index (χ2v) is 13.0. The van der Waals surface area contributed by atoms with Gasteiger partial charge in [-0.1, -0.05) is 47.5 Å². The minimum atomic E-state index is -3.75. The fourth-order valence-corrected chi connectivity index (χ4v) is 6.23. The summed E-state index contributed by atoms with van der Waals surface area (Å²) in [5.41, 5.74) is 3.74. The van der Waals surface area contributed by atoms with Crippen molar-refractivity contribution in [2.75, 3.05) is 20.3 Å². The summed E-state index contributed by atoms with van der Waals surface area (Å²) < 4.78 is 44.5. The summed E-state index contributed by atoms with van der Waals surface area (Å²) in [5.74, 6) is 0.251. The molecule has 2 N–H and O–H groups in total. The Morgan fingerprint density at radius 3 is 2.40 bits per heavy atom. The molecule has 0 amide bonds. The van der Waals surface area contributed by atoms with Crippen LogP contribution in [0.1, 0.15) is 28.2 Å². The lowest BCUT2D eigenvalue weighted by Gasteiger charge is -2.33. The van der Waals surface area contributed by atoms with Crippen molar-refractivity contribution in [2.45, 2.75) is 23.9 Å². The molecule has 0 aromatic heterocycles. The summed E-state index contributed by atoms with van der Waals surface area (Å²) in [7, 11) is -5.38. The van der Waals surface area contributed by atoms with Crippen molar-refractivity contribution >= 4 is 40.8 Å². The van der Waals surface area contributed by atoms with Crippen LogP contribution < -0.4 is 9.25 Å². The van der Waals surface area contributed by atoms with Gasteiger partial charge in [0.05, 0.1) is 4.90 Å². The molecule has 1 heterocycles. The molecule has 11 heteroatoms. The van der Waals surface area contributed by atoms with Crippen LogP contribution in [0.4, 0.5) is 0 Å². The number of likely N-dealkylation sites (N-methyl/N-ethyl adjacent to an activating group) is 1. The number of nitrogens with one attached hydrogen (secondary N) is 1. The Kier molecular flexibility index (Phi) is 7.65. The van der Waals surface area contributed by atoms with Gasteiger partial charge < -0.3 is 14.3 Å². The quantitative estimate of drug-likeness (QED) is 0.387. The van der Waals surface area contributed by atoms with E-state index in [-0.39, 0.29) is 23.1 Å². The zero-order valence-electron chi connectivity index (χ0n) is 19.1. The molecule has 7 nitrogen and oxygen atoms in total. The summed E-state index contributed by atoms with van der Waals surface area (Å²) >= 11 is 12.7. The fourth-order valence-electron chi connectivity index (χ4n) is 4.14. The summed E-state index contributed by atoms with van der Waals surface area (Å²) in [5, 5.41) is 1.21. The first-order valence-corrected chi connectivity index (χ1v) is 15.0. The van der Waals surface area contributed by atoms with Gasteiger partial charge in [0.25, 0.3) is 0 Å². The van der Waals surface area contributed by atoms with E-state index in [0.29, 0.717) is 15.6 Å². The van der Waals surface area contributed by atoms with Crippen LogP contribution in [-0.4, -0.2) is 38.5 Å². The van der Waals surface area contributed by atoms with Crippen LogP contribution in [0.25, 0.3) is 0 Å². The number of nitrogens with zero attached hydrogens (tertiary/aromatic N) is 1. The average molecular weight is 555 g/mol. The first kappa shape index (κ1) is 26.2. The molecule has 35 heavy (non-hydrogen) atoms. The lowest BCUT2D eigenvalue weighted by Crippen LogP contribution is -2.31. The standard InChI is InChI=1S/C24H25Cl2N2O5PS/c1-28-14-22(21-11-18(25)12-24(26)23(21)15-28)17-5-9-20(10-6-17)35(31,32)27-13-16-3-7-19(8-4-16)33-34(2,29)30/h3-12,22,27H,13-15H2,1-2H3,(H,29,30). The molecule has 186 valence electrons. The molecule has 0 fully saturated rings. The highest BCUT2D eigenvalue weighted by Gasteiger charge is 2.27. The predicted molar refractivity (Wildman–Crippen MR) is 138 cm³/mol. The van der Waals surface area contributed by atoms with E-state index in [1.165, 1.54) is 12.1 Å². The van der Waals surface area contributed by atoms with Crippen molar-refractivity contribution in [2.24, 2.45) is 0 Å². The lowest BCUT2D eigenvalue weighted by molar-refractivity contribution is 0.295. The Labute approximate surface area is 215 Å². The summed E-state index contributed by atoms with van der Waals surface area (Å²) in [6.45, 7) is 2.64. The molecule has 0 saturated heterocycles. The van der Waals surface area contributed by atoms with Crippen LogP contribution >= 0.6 is 30.8 Å². The van der Waals surface area contributed by atoms with E-state index in [9.17, 15) is 17.9 Å². The Hall–Kier alpha value is -1.90. The number of hydrogen-bond acceptors (Lipinski definition) is 5. The van der Waals surface area contributed by atoms with Crippen molar-refractivity contribution in [3.05, 3.63) is 93.0 Å². The van der Waals surface area contributed by atoms with Crippen molar-refractivity contribution in [3.8, 4) is 5.75 Å². The summed E-state index contributed by atoms with van der Waals surface area (Å²) in [6, 6.07) is 16.8. The molecule has 2 atom stereocenters. The number of fused-ring (bicyclic) bond motifs is 1. The zero-order valence-corrected chi connectivity index (χ0v) is 22.3. The van der Waals surface area contributed by atoms with Gasteiger partial charge >= 0.3 is 7.60 Å². The van der Waals surface area contributed by atoms with Gasteiger partial charge in [0.15, 0.2) is 0 Å². The van der Waals surface area contributed by atoms with E-state index in [2.05, 4.69) is 9.62 Å². The average Bonchev–Trinajstić information content (AvgIpc) is 2.78. The van der Waals surface area contributed by atoms with Crippen LogP contribution in [0.5, 0.6) is 5.75 Å². The van der Waals surface area contributed by atoms with Crippen LogP contribution in [-0.2, 0) is 27.7 Å². The van der Waals surface area contributed by atoms with E-state index >= 15 is 0 Å². The molecule has 0 saturated carbocycles. The maximum Gasteiger partial charge on any atom is 0.373 e. The highest BCUT2D eigenvalue weighted by atomic mass is 35.5. The minimum Gasteiger partial charge on any atom is -0.425 e. The van der Waals surface area contributed by atoms with Gasteiger partial charge in [-0.05, 0) is 65.7 Å². The monoisotopic (exact) mass is 554 g/mol. The topological polar surface area (TPSA) is 95.9 Å². The third kappa shape index (κ3) is 6.46. The predicted octanol–water partition coefficient (Wildman–Crippen LogP) is 5.24. The largest absolute Gasteiger partial charge is 0.425 e. The maximum atomic E-state index is 12.8. The SMILES string of the molecule is CN1Cc2c(Cl)cc(Cl)cc2C(c2ccc(S(=O)(=O)NCc3ccc(OP(C)(=O)O)cc3)cc2)C1. The highest BCUT2D eigenvalue weighted by Crippen LogP contribution is 2.39. The third-order valence-corrected chi connectivity index (χ3v) is 8.27. The number of hydrogen-bond donors (Lipinski definition) is 2. The lowest BCUT2D eigenvalue weighted by atomic mass is 9.85. The van der Waals surface area contributed by atoms with Gasteiger partial charge in [0.1, 0.15) is 5.75 Å². The molecular weight excluding hydrogens is 530 g/mol. The second-order valence-electron chi connectivity index (χ2n) is 8.64. The molecule has 0 radical (unpaired) electrons. The molecule has 4 rings (SSSR count). The smallest absolute Gasteiger partial charge is 0.373 e. The first-order valence-electron chi connectivity index (χ1n) is 10.8. The van der Waals surface area contributed by atoms with Crippen LogP contribution in [0.15, 0.2) is 65.6 Å².